The average Bonchev–Trinajstić information content (AvgIpc) is 3.10. The van der Waals surface area contributed by atoms with Crippen molar-refractivity contribution < 1.29 is 22.3 Å². The lowest BCUT2D eigenvalue weighted by molar-refractivity contribution is 0.210. The predicted octanol–water partition coefficient (Wildman–Crippen LogP) is 4.56. The molecule has 2 N–H and O–H groups in total. The number of hydrogen-bond acceptors (Lipinski definition) is 6. The minimum absolute atomic E-state index is 0.0147. The topological polar surface area (TPSA) is 72.2 Å². The molecule has 1 heterocycles. The van der Waals surface area contributed by atoms with E-state index in [1.165, 1.54) is 18.2 Å². The summed E-state index contributed by atoms with van der Waals surface area (Å²) in [5.74, 6) is -2.94. The second kappa shape index (κ2) is 8.57. The summed E-state index contributed by atoms with van der Waals surface area (Å²) >= 11 is 1.95. The number of halogens is 4. The minimum Gasteiger partial charge on any atom is -0.403 e. The van der Waals surface area contributed by atoms with Crippen LogP contribution in [-0.4, -0.2) is 30.5 Å². The SMILES string of the molecule is COCCNc1nnc(-c2ccc(F)c(F)c2Nc2ccc(I)cc2F)o1. The van der Waals surface area contributed by atoms with Crippen molar-refractivity contribution in [1.29, 1.82) is 0 Å². The Bertz CT molecular complexity index is 952. The molecular weight excluding hydrogens is 476 g/mol. The van der Waals surface area contributed by atoms with Crippen LogP contribution in [0.5, 0.6) is 0 Å². The molecule has 0 saturated heterocycles. The van der Waals surface area contributed by atoms with Gasteiger partial charge in [-0.2, -0.15) is 0 Å². The zero-order valence-electron chi connectivity index (χ0n) is 14.0. The van der Waals surface area contributed by atoms with Crippen molar-refractivity contribution in [2.75, 3.05) is 30.9 Å². The lowest BCUT2D eigenvalue weighted by atomic mass is 10.1. The molecule has 0 aliphatic rings. The molecule has 0 atom stereocenters. The van der Waals surface area contributed by atoms with Gasteiger partial charge >= 0.3 is 6.01 Å². The quantitative estimate of drug-likeness (QED) is 0.374. The van der Waals surface area contributed by atoms with E-state index in [1.807, 2.05) is 22.6 Å². The lowest BCUT2D eigenvalue weighted by Gasteiger charge is -2.12. The number of ether oxygens (including phenoxy) is 1. The Morgan fingerprint density at radius 3 is 2.67 bits per heavy atom. The van der Waals surface area contributed by atoms with Gasteiger partial charge in [-0.05, 0) is 52.9 Å². The van der Waals surface area contributed by atoms with Gasteiger partial charge in [-0.25, -0.2) is 13.2 Å². The van der Waals surface area contributed by atoms with Gasteiger partial charge in [0.05, 0.1) is 23.5 Å². The molecule has 27 heavy (non-hydrogen) atoms. The van der Waals surface area contributed by atoms with E-state index in [0.717, 1.165) is 6.07 Å². The smallest absolute Gasteiger partial charge is 0.315 e. The van der Waals surface area contributed by atoms with E-state index in [1.54, 1.807) is 13.2 Å². The summed E-state index contributed by atoms with van der Waals surface area (Å²) in [6.07, 6.45) is 0. The summed E-state index contributed by atoms with van der Waals surface area (Å²) in [6.45, 7) is 0.844. The molecule has 6 nitrogen and oxygen atoms in total. The maximum Gasteiger partial charge on any atom is 0.315 e. The van der Waals surface area contributed by atoms with Crippen LogP contribution >= 0.6 is 22.6 Å². The summed E-state index contributed by atoms with van der Waals surface area (Å²) < 4.78 is 53.3. The molecule has 3 aromatic rings. The molecule has 2 aromatic carbocycles. The summed E-state index contributed by atoms with van der Waals surface area (Å²) in [7, 11) is 1.55. The van der Waals surface area contributed by atoms with Gasteiger partial charge in [-0.1, -0.05) is 5.10 Å². The molecule has 0 unspecified atom stereocenters. The first-order valence-electron chi connectivity index (χ1n) is 7.76. The zero-order valence-corrected chi connectivity index (χ0v) is 16.2. The first-order chi connectivity index (χ1) is 13.0. The number of anilines is 3. The van der Waals surface area contributed by atoms with Crippen LogP contribution < -0.4 is 10.6 Å². The molecule has 0 fully saturated rings. The molecule has 0 amide bonds. The highest BCUT2D eigenvalue weighted by Crippen LogP contribution is 2.34. The number of nitrogens with zero attached hydrogens (tertiary/aromatic N) is 2. The van der Waals surface area contributed by atoms with Crippen molar-refractivity contribution in [2.45, 2.75) is 0 Å². The Kier molecular flexibility index (Phi) is 6.16. The zero-order chi connectivity index (χ0) is 19.4. The van der Waals surface area contributed by atoms with Gasteiger partial charge in [0.1, 0.15) is 5.82 Å². The number of hydrogen-bond donors (Lipinski definition) is 2. The van der Waals surface area contributed by atoms with E-state index in [0.29, 0.717) is 16.7 Å². The molecule has 10 heteroatoms. The third-order valence-corrected chi connectivity index (χ3v) is 4.19. The minimum atomic E-state index is -1.18. The van der Waals surface area contributed by atoms with Crippen LogP contribution in [0.4, 0.5) is 30.6 Å². The highest BCUT2D eigenvalue weighted by Gasteiger charge is 2.20. The van der Waals surface area contributed by atoms with E-state index < -0.39 is 17.5 Å². The summed E-state index contributed by atoms with van der Waals surface area (Å²) in [5, 5.41) is 13.0. The molecule has 0 saturated carbocycles. The van der Waals surface area contributed by atoms with Crippen molar-refractivity contribution in [3.63, 3.8) is 0 Å². The van der Waals surface area contributed by atoms with Gasteiger partial charge in [0, 0.05) is 17.2 Å². The molecule has 0 bridgehead atoms. The number of rotatable bonds is 7. The van der Waals surface area contributed by atoms with E-state index in [9.17, 15) is 13.2 Å². The van der Waals surface area contributed by atoms with E-state index in [-0.39, 0.29) is 28.8 Å². The highest BCUT2D eigenvalue weighted by molar-refractivity contribution is 14.1. The highest BCUT2D eigenvalue weighted by atomic mass is 127. The maximum atomic E-state index is 14.4. The molecular formula is C17H14F3IN4O2. The van der Waals surface area contributed by atoms with Gasteiger partial charge in [-0.3, -0.25) is 0 Å². The van der Waals surface area contributed by atoms with Gasteiger partial charge in [0.15, 0.2) is 11.6 Å². The monoisotopic (exact) mass is 490 g/mol. The average molecular weight is 490 g/mol. The Hall–Kier alpha value is -2.34. The third-order valence-electron chi connectivity index (χ3n) is 3.52. The van der Waals surface area contributed by atoms with Crippen molar-refractivity contribution in [2.24, 2.45) is 0 Å². The number of aromatic nitrogens is 2. The fourth-order valence-corrected chi connectivity index (χ4v) is 2.69. The van der Waals surface area contributed by atoms with E-state index >= 15 is 0 Å². The fourth-order valence-electron chi connectivity index (χ4n) is 2.24. The maximum absolute atomic E-state index is 14.4. The standard InChI is InChI=1S/C17H14F3IN4O2/c1-26-7-6-22-17-25-24-16(27-17)10-3-4-11(18)14(20)15(10)23-13-5-2-9(21)8-12(13)19/h2-5,8,23H,6-7H2,1H3,(H,22,25). The van der Waals surface area contributed by atoms with Gasteiger partial charge in [-0.15, -0.1) is 5.10 Å². The molecule has 0 aliphatic heterocycles. The Morgan fingerprint density at radius 2 is 1.93 bits per heavy atom. The van der Waals surface area contributed by atoms with Crippen molar-refractivity contribution >= 4 is 40.0 Å². The second-order valence-electron chi connectivity index (χ2n) is 5.37. The second-order valence-corrected chi connectivity index (χ2v) is 6.61. The molecule has 142 valence electrons. The first kappa shape index (κ1) is 19.4. The van der Waals surface area contributed by atoms with Crippen LogP contribution in [0, 0.1) is 21.0 Å². The Morgan fingerprint density at radius 1 is 1.11 bits per heavy atom. The van der Waals surface area contributed by atoms with E-state index in [2.05, 4.69) is 20.8 Å². The molecule has 0 spiro atoms. The number of methoxy groups -OCH3 is 1. The van der Waals surface area contributed by atoms with Crippen molar-refractivity contribution in [3.8, 4) is 11.5 Å². The first-order valence-corrected chi connectivity index (χ1v) is 8.84. The van der Waals surface area contributed by atoms with Crippen LogP contribution in [-0.2, 0) is 4.74 Å². The van der Waals surface area contributed by atoms with Gasteiger partial charge < -0.3 is 19.8 Å². The van der Waals surface area contributed by atoms with Gasteiger partial charge in [0.25, 0.3) is 5.89 Å². The van der Waals surface area contributed by atoms with Crippen LogP contribution in [0.3, 0.4) is 0 Å². The Labute approximate surface area is 166 Å². The summed E-state index contributed by atoms with van der Waals surface area (Å²) in [4.78, 5) is 0. The van der Waals surface area contributed by atoms with Crippen molar-refractivity contribution in [1.82, 2.24) is 10.2 Å². The van der Waals surface area contributed by atoms with E-state index in [4.69, 9.17) is 9.15 Å². The third kappa shape index (κ3) is 4.50. The predicted molar refractivity (Wildman–Crippen MR) is 102 cm³/mol. The summed E-state index contributed by atoms with van der Waals surface area (Å²) in [5.41, 5.74) is -0.222. The normalized spacial score (nSPS) is 10.9. The van der Waals surface area contributed by atoms with Crippen LogP contribution in [0.2, 0.25) is 0 Å². The fraction of sp³-hybridized carbons (Fsp3) is 0.176. The largest absolute Gasteiger partial charge is 0.403 e. The lowest BCUT2D eigenvalue weighted by Crippen LogP contribution is -2.07. The molecule has 3 rings (SSSR count). The Balaban J connectivity index is 1.95. The van der Waals surface area contributed by atoms with Gasteiger partial charge in [0.2, 0.25) is 0 Å². The number of benzene rings is 2. The van der Waals surface area contributed by atoms with Crippen molar-refractivity contribution in [3.05, 3.63) is 51.4 Å². The molecule has 1 aromatic heterocycles. The van der Waals surface area contributed by atoms with Crippen LogP contribution in [0.1, 0.15) is 0 Å². The number of nitrogens with one attached hydrogen (secondary N) is 2. The molecule has 0 aliphatic carbocycles. The van der Waals surface area contributed by atoms with Crippen LogP contribution in [0.25, 0.3) is 11.5 Å². The summed E-state index contributed by atoms with van der Waals surface area (Å²) in [6, 6.07) is 6.63. The van der Waals surface area contributed by atoms with Crippen LogP contribution in [0.15, 0.2) is 34.7 Å². The molecule has 0 radical (unpaired) electrons.